The van der Waals surface area contributed by atoms with Crippen LogP contribution in [0.15, 0.2) is 18.2 Å². The van der Waals surface area contributed by atoms with Crippen LogP contribution in [-0.2, 0) is 4.74 Å². The first-order valence-electron chi connectivity index (χ1n) is 7.53. The van der Waals surface area contributed by atoms with Crippen LogP contribution in [0, 0.1) is 0 Å². The van der Waals surface area contributed by atoms with E-state index in [-0.39, 0.29) is 17.0 Å². The lowest BCUT2D eigenvalue weighted by atomic mass is 10.1. The highest BCUT2D eigenvalue weighted by molar-refractivity contribution is 8.00. The zero-order valence-electron chi connectivity index (χ0n) is 12.4. The molecule has 3 N–H and O–H groups in total. The molecule has 0 saturated carbocycles. The highest BCUT2D eigenvalue weighted by Crippen LogP contribution is 2.26. The van der Waals surface area contributed by atoms with Crippen LogP contribution in [0.2, 0.25) is 0 Å². The third-order valence-corrected chi connectivity index (χ3v) is 4.95. The van der Waals surface area contributed by atoms with Crippen LogP contribution in [0.1, 0.15) is 10.4 Å². The van der Waals surface area contributed by atoms with Crippen molar-refractivity contribution in [2.24, 2.45) is 0 Å². The van der Waals surface area contributed by atoms with Crippen molar-refractivity contribution in [3.63, 3.8) is 0 Å². The van der Waals surface area contributed by atoms with Crippen molar-refractivity contribution < 1.29 is 14.6 Å². The van der Waals surface area contributed by atoms with E-state index in [1.54, 1.807) is 23.9 Å². The molecule has 0 spiro atoms. The van der Waals surface area contributed by atoms with Gasteiger partial charge in [-0.3, -0.25) is 4.79 Å². The summed E-state index contributed by atoms with van der Waals surface area (Å²) in [6.07, 6.45) is 0. The van der Waals surface area contributed by atoms with E-state index in [1.807, 2.05) is 6.07 Å². The normalized spacial score (nSPS) is 22.4. The van der Waals surface area contributed by atoms with Crippen LogP contribution >= 0.6 is 11.8 Å². The Hall–Kier alpha value is -1.44. The van der Waals surface area contributed by atoms with E-state index in [9.17, 15) is 9.90 Å². The maximum Gasteiger partial charge on any atom is 0.255 e. The van der Waals surface area contributed by atoms with Gasteiger partial charge in [-0.2, -0.15) is 0 Å². The monoisotopic (exact) mass is 323 g/mol. The highest BCUT2D eigenvalue weighted by atomic mass is 32.2. The summed E-state index contributed by atoms with van der Waals surface area (Å²) in [6, 6.07) is 5.23. The van der Waals surface area contributed by atoms with E-state index in [0.717, 1.165) is 37.6 Å². The second-order valence-electron chi connectivity index (χ2n) is 5.34. The van der Waals surface area contributed by atoms with Gasteiger partial charge in [-0.05, 0) is 12.1 Å². The van der Waals surface area contributed by atoms with Crippen LogP contribution < -0.4 is 15.5 Å². The average molecular weight is 323 g/mol. The first-order chi connectivity index (χ1) is 10.7. The molecule has 0 bridgehead atoms. The molecule has 2 aliphatic heterocycles. The fraction of sp³-hybridized carbons (Fsp3) is 0.533. The Morgan fingerprint density at radius 1 is 1.41 bits per heavy atom. The number of carbonyl (C=O) groups excluding carboxylic acids is 1. The first-order valence-corrected chi connectivity index (χ1v) is 8.58. The third-order valence-electron chi connectivity index (χ3n) is 3.82. The number of rotatable bonds is 3. The van der Waals surface area contributed by atoms with Crippen LogP contribution in [0.4, 0.5) is 5.69 Å². The number of nitrogens with zero attached hydrogens (tertiary/aromatic N) is 1. The van der Waals surface area contributed by atoms with E-state index < -0.39 is 0 Å². The molecule has 2 aliphatic rings. The molecule has 1 amide bonds. The Labute approximate surface area is 134 Å². The number of aromatic hydroxyl groups is 1. The zero-order valence-corrected chi connectivity index (χ0v) is 13.2. The van der Waals surface area contributed by atoms with Gasteiger partial charge >= 0.3 is 0 Å². The smallest absolute Gasteiger partial charge is 0.255 e. The average Bonchev–Trinajstić information content (AvgIpc) is 2.56. The minimum absolute atomic E-state index is 0.0234. The maximum absolute atomic E-state index is 12.3. The van der Waals surface area contributed by atoms with Crippen molar-refractivity contribution in [1.82, 2.24) is 10.6 Å². The summed E-state index contributed by atoms with van der Waals surface area (Å²) in [6.45, 7) is 4.70. The van der Waals surface area contributed by atoms with Gasteiger partial charge in [0.05, 0.1) is 24.2 Å². The fourth-order valence-electron chi connectivity index (χ4n) is 2.61. The molecule has 0 aliphatic carbocycles. The molecule has 1 aromatic rings. The number of hydrogen-bond acceptors (Lipinski definition) is 6. The topological polar surface area (TPSA) is 73.8 Å². The molecule has 2 heterocycles. The molecule has 0 aromatic heterocycles. The van der Waals surface area contributed by atoms with Crippen LogP contribution in [0.3, 0.4) is 0 Å². The summed E-state index contributed by atoms with van der Waals surface area (Å²) in [5.41, 5.74) is 1.24. The van der Waals surface area contributed by atoms with Crippen molar-refractivity contribution in [1.29, 1.82) is 0 Å². The molecule has 7 heteroatoms. The number of thioether (sulfide) groups is 1. The summed E-state index contributed by atoms with van der Waals surface area (Å²) < 4.78 is 5.32. The molecule has 2 fully saturated rings. The van der Waals surface area contributed by atoms with Gasteiger partial charge in [0.2, 0.25) is 0 Å². The lowest BCUT2D eigenvalue weighted by molar-refractivity contribution is 0.0946. The van der Waals surface area contributed by atoms with Gasteiger partial charge in [0, 0.05) is 43.7 Å². The minimum Gasteiger partial charge on any atom is -0.507 e. The van der Waals surface area contributed by atoms with Crippen molar-refractivity contribution in [2.45, 2.75) is 5.37 Å². The van der Waals surface area contributed by atoms with Crippen molar-refractivity contribution >= 4 is 23.4 Å². The van der Waals surface area contributed by atoms with Crippen molar-refractivity contribution in [3.05, 3.63) is 23.8 Å². The zero-order chi connectivity index (χ0) is 15.4. The lowest BCUT2D eigenvalue weighted by Crippen LogP contribution is -2.44. The van der Waals surface area contributed by atoms with E-state index in [0.29, 0.717) is 18.8 Å². The number of amides is 1. The Bertz CT molecular complexity index is 529. The number of anilines is 1. The van der Waals surface area contributed by atoms with Gasteiger partial charge in [-0.15, -0.1) is 11.8 Å². The number of ether oxygens (including phenoxy) is 1. The second-order valence-corrected chi connectivity index (χ2v) is 6.65. The fourth-order valence-corrected chi connectivity index (χ4v) is 3.59. The molecule has 2 saturated heterocycles. The van der Waals surface area contributed by atoms with Crippen LogP contribution in [0.5, 0.6) is 5.75 Å². The molecular formula is C15H21N3O3S. The van der Waals surface area contributed by atoms with Crippen molar-refractivity contribution in [2.75, 3.05) is 50.0 Å². The Kier molecular flexibility index (Phi) is 5.07. The van der Waals surface area contributed by atoms with E-state index in [2.05, 4.69) is 15.5 Å². The van der Waals surface area contributed by atoms with Crippen LogP contribution in [-0.4, -0.2) is 61.5 Å². The number of hydrogen-bond donors (Lipinski definition) is 3. The summed E-state index contributed by atoms with van der Waals surface area (Å²) in [7, 11) is 0. The Morgan fingerprint density at radius 2 is 2.23 bits per heavy atom. The molecule has 1 aromatic carbocycles. The summed E-state index contributed by atoms with van der Waals surface area (Å²) >= 11 is 1.72. The number of carbonyl (C=O) groups is 1. The quantitative estimate of drug-likeness (QED) is 0.757. The molecule has 0 radical (unpaired) electrons. The van der Waals surface area contributed by atoms with Gasteiger partial charge < -0.3 is 25.4 Å². The predicted molar refractivity (Wildman–Crippen MR) is 87.7 cm³/mol. The Balaban J connectivity index is 1.66. The first kappa shape index (κ1) is 15.5. The standard InChI is InChI=1S/C15H21N3O3S/c19-13-9-11(18-4-6-21-7-5-18)1-2-12(13)15(20)17-14-10-16-3-8-22-14/h1-2,9,14,16,19H,3-8,10H2,(H,17,20). The lowest BCUT2D eigenvalue weighted by Gasteiger charge is -2.29. The number of nitrogens with one attached hydrogen (secondary N) is 2. The largest absolute Gasteiger partial charge is 0.507 e. The second kappa shape index (κ2) is 7.21. The Morgan fingerprint density at radius 3 is 2.91 bits per heavy atom. The summed E-state index contributed by atoms with van der Waals surface area (Å²) in [5, 5.41) is 16.4. The van der Waals surface area contributed by atoms with Gasteiger partial charge in [-0.1, -0.05) is 0 Å². The van der Waals surface area contributed by atoms with E-state index in [1.165, 1.54) is 0 Å². The molecule has 120 valence electrons. The van der Waals surface area contributed by atoms with E-state index in [4.69, 9.17) is 4.74 Å². The molecule has 6 nitrogen and oxygen atoms in total. The number of phenolic OH excluding ortho intramolecular Hbond substituents is 1. The molecule has 1 atom stereocenters. The maximum atomic E-state index is 12.3. The SMILES string of the molecule is O=C(NC1CNCCS1)c1ccc(N2CCOCC2)cc1O. The number of phenols is 1. The predicted octanol–water partition coefficient (Wildman–Crippen LogP) is 0.621. The molecule has 3 rings (SSSR count). The van der Waals surface area contributed by atoms with Gasteiger partial charge in [0.25, 0.3) is 5.91 Å². The number of benzene rings is 1. The third kappa shape index (κ3) is 3.66. The van der Waals surface area contributed by atoms with Crippen LogP contribution in [0.25, 0.3) is 0 Å². The van der Waals surface area contributed by atoms with Gasteiger partial charge in [-0.25, -0.2) is 0 Å². The van der Waals surface area contributed by atoms with Gasteiger partial charge in [0.1, 0.15) is 5.75 Å². The number of morpholine rings is 1. The highest BCUT2D eigenvalue weighted by Gasteiger charge is 2.20. The summed E-state index contributed by atoms with van der Waals surface area (Å²) in [5.74, 6) is 0.773. The molecular weight excluding hydrogens is 302 g/mol. The summed E-state index contributed by atoms with van der Waals surface area (Å²) in [4.78, 5) is 14.4. The van der Waals surface area contributed by atoms with E-state index >= 15 is 0 Å². The van der Waals surface area contributed by atoms with Gasteiger partial charge in [0.15, 0.2) is 0 Å². The van der Waals surface area contributed by atoms with Crippen molar-refractivity contribution in [3.8, 4) is 5.75 Å². The molecule has 1 unspecified atom stereocenters. The molecule has 22 heavy (non-hydrogen) atoms. The minimum atomic E-state index is -0.229.